The third kappa shape index (κ3) is 5.90. The average Bonchev–Trinajstić information content (AvgIpc) is 2.39. The molecule has 0 heterocycles. The second kappa shape index (κ2) is 8.13. The minimum absolute atomic E-state index is 0.0513. The summed E-state index contributed by atoms with van der Waals surface area (Å²) in [6, 6.07) is 6.85. The van der Waals surface area contributed by atoms with Gasteiger partial charge in [0.15, 0.2) is 0 Å². The number of carbonyl (C=O) groups is 2. The number of rotatable bonds is 6. The Hall–Kier alpha value is -2.04. The van der Waals surface area contributed by atoms with E-state index in [1.165, 1.54) is 0 Å². The van der Waals surface area contributed by atoms with E-state index in [1.54, 1.807) is 31.2 Å². The molecule has 0 aliphatic rings. The molecule has 5 heteroatoms. The van der Waals surface area contributed by atoms with Gasteiger partial charge in [0.05, 0.1) is 0 Å². The molecule has 0 radical (unpaired) electrons. The maximum atomic E-state index is 11.6. The van der Waals surface area contributed by atoms with Gasteiger partial charge >= 0.3 is 6.03 Å². The quantitative estimate of drug-likeness (QED) is 0.690. The fourth-order valence-corrected chi connectivity index (χ4v) is 1.48. The van der Waals surface area contributed by atoms with Gasteiger partial charge in [-0.05, 0) is 24.6 Å². The Morgan fingerprint density at radius 1 is 1.11 bits per heavy atom. The Labute approximate surface area is 113 Å². The van der Waals surface area contributed by atoms with E-state index in [2.05, 4.69) is 22.9 Å². The summed E-state index contributed by atoms with van der Waals surface area (Å²) in [6.07, 6.45) is 2.42. The molecule has 0 aliphatic heterocycles. The molecule has 19 heavy (non-hydrogen) atoms. The van der Waals surface area contributed by atoms with Gasteiger partial charge in [0.25, 0.3) is 0 Å². The van der Waals surface area contributed by atoms with Gasteiger partial charge in [0.1, 0.15) is 0 Å². The number of hydrogen-bond acceptors (Lipinski definition) is 2. The summed E-state index contributed by atoms with van der Waals surface area (Å²) < 4.78 is 0. The smallest absolute Gasteiger partial charge is 0.319 e. The number of carbonyl (C=O) groups excluding carboxylic acids is 2. The van der Waals surface area contributed by atoms with Crippen molar-refractivity contribution in [2.24, 2.45) is 0 Å². The van der Waals surface area contributed by atoms with E-state index in [0.717, 1.165) is 12.8 Å². The molecular formula is C14H21N3O2. The Morgan fingerprint density at radius 2 is 1.79 bits per heavy atom. The first-order chi connectivity index (χ1) is 9.15. The number of benzene rings is 1. The Kier molecular flexibility index (Phi) is 6.43. The van der Waals surface area contributed by atoms with Crippen LogP contribution in [0.1, 0.15) is 33.1 Å². The average molecular weight is 263 g/mol. The number of nitrogens with one attached hydrogen (secondary N) is 3. The second-order valence-electron chi connectivity index (χ2n) is 4.22. The highest BCUT2D eigenvalue weighted by Gasteiger charge is 2.03. The van der Waals surface area contributed by atoms with Crippen LogP contribution in [0.4, 0.5) is 16.2 Å². The standard InChI is InChI=1S/C14H21N3O2/c1-3-5-9-15-14(19)17-12-8-6-7-11(10-12)16-13(18)4-2/h6-8,10H,3-5,9H2,1-2H3,(H,16,18)(H2,15,17,19). The zero-order valence-corrected chi connectivity index (χ0v) is 11.5. The molecule has 0 atom stereocenters. The van der Waals surface area contributed by atoms with Gasteiger partial charge < -0.3 is 16.0 Å². The lowest BCUT2D eigenvalue weighted by molar-refractivity contribution is -0.115. The van der Waals surface area contributed by atoms with Crippen molar-refractivity contribution in [3.05, 3.63) is 24.3 Å². The first-order valence-corrected chi connectivity index (χ1v) is 6.60. The largest absolute Gasteiger partial charge is 0.338 e. The van der Waals surface area contributed by atoms with Crippen LogP contribution in [0.5, 0.6) is 0 Å². The van der Waals surface area contributed by atoms with E-state index in [0.29, 0.717) is 24.3 Å². The van der Waals surface area contributed by atoms with Crippen molar-refractivity contribution < 1.29 is 9.59 Å². The van der Waals surface area contributed by atoms with Crippen molar-refractivity contribution >= 4 is 23.3 Å². The predicted octanol–water partition coefficient (Wildman–Crippen LogP) is 2.96. The molecule has 0 saturated carbocycles. The van der Waals surface area contributed by atoms with E-state index >= 15 is 0 Å². The zero-order valence-electron chi connectivity index (χ0n) is 11.5. The van der Waals surface area contributed by atoms with E-state index < -0.39 is 0 Å². The first kappa shape index (κ1) is 15.0. The number of urea groups is 1. The summed E-state index contributed by atoms with van der Waals surface area (Å²) in [5.41, 5.74) is 1.33. The van der Waals surface area contributed by atoms with Crippen LogP contribution in [0, 0.1) is 0 Å². The minimum Gasteiger partial charge on any atom is -0.338 e. The molecule has 1 rings (SSSR count). The predicted molar refractivity (Wildman–Crippen MR) is 77.3 cm³/mol. The molecule has 1 aromatic carbocycles. The fraction of sp³-hybridized carbons (Fsp3) is 0.429. The molecule has 5 nitrogen and oxygen atoms in total. The van der Waals surface area contributed by atoms with Gasteiger partial charge in [-0.15, -0.1) is 0 Å². The normalized spacial score (nSPS) is 9.79. The highest BCUT2D eigenvalue weighted by atomic mass is 16.2. The molecule has 0 fully saturated rings. The molecule has 0 bridgehead atoms. The third-order valence-electron chi connectivity index (χ3n) is 2.54. The van der Waals surface area contributed by atoms with Gasteiger partial charge in [-0.1, -0.05) is 26.3 Å². The lowest BCUT2D eigenvalue weighted by Gasteiger charge is -2.09. The van der Waals surface area contributed by atoms with Crippen LogP contribution in [-0.4, -0.2) is 18.5 Å². The fourth-order valence-electron chi connectivity index (χ4n) is 1.48. The molecule has 0 spiro atoms. The molecule has 1 aromatic rings. The van der Waals surface area contributed by atoms with Gasteiger partial charge in [-0.2, -0.15) is 0 Å². The van der Waals surface area contributed by atoms with Crippen LogP contribution in [-0.2, 0) is 4.79 Å². The lowest BCUT2D eigenvalue weighted by Crippen LogP contribution is -2.29. The van der Waals surface area contributed by atoms with Crippen LogP contribution in [0.25, 0.3) is 0 Å². The van der Waals surface area contributed by atoms with Crippen molar-refractivity contribution in [2.45, 2.75) is 33.1 Å². The Balaban J connectivity index is 2.52. The SMILES string of the molecule is CCCCNC(=O)Nc1cccc(NC(=O)CC)c1. The maximum absolute atomic E-state index is 11.6. The summed E-state index contributed by atoms with van der Waals surface area (Å²) in [7, 11) is 0. The number of anilines is 2. The molecule has 0 aliphatic carbocycles. The van der Waals surface area contributed by atoms with Crippen LogP contribution >= 0.6 is 0 Å². The summed E-state index contributed by atoms with van der Waals surface area (Å²) >= 11 is 0. The number of hydrogen-bond donors (Lipinski definition) is 3. The molecule has 0 aromatic heterocycles. The van der Waals surface area contributed by atoms with Crippen molar-refractivity contribution in [1.82, 2.24) is 5.32 Å². The Morgan fingerprint density at radius 3 is 2.42 bits per heavy atom. The monoisotopic (exact) mass is 263 g/mol. The van der Waals surface area contributed by atoms with Crippen molar-refractivity contribution in [1.29, 1.82) is 0 Å². The molecule has 0 saturated heterocycles. The maximum Gasteiger partial charge on any atom is 0.319 e. The summed E-state index contributed by atoms with van der Waals surface area (Å²) in [4.78, 5) is 22.8. The van der Waals surface area contributed by atoms with Crippen LogP contribution in [0.2, 0.25) is 0 Å². The second-order valence-corrected chi connectivity index (χ2v) is 4.22. The van der Waals surface area contributed by atoms with Gasteiger partial charge in [0, 0.05) is 24.3 Å². The summed E-state index contributed by atoms with van der Waals surface area (Å²) in [5.74, 6) is -0.0513. The minimum atomic E-state index is -0.229. The zero-order chi connectivity index (χ0) is 14.1. The van der Waals surface area contributed by atoms with E-state index in [1.807, 2.05) is 0 Å². The summed E-state index contributed by atoms with van der Waals surface area (Å²) in [5, 5.41) is 8.24. The van der Waals surface area contributed by atoms with E-state index in [9.17, 15) is 9.59 Å². The number of unbranched alkanes of at least 4 members (excludes halogenated alkanes) is 1. The topological polar surface area (TPSA) is 70.2 Å². The molecule has 104 valence electrons. The lowest BCUT2D eigenvalue weighted by atomic mass is 10.2. The molecule has 0 unspecified atom stereocenters. The van der Waals surface area contributed by atoms with E-state index in [-0.39, 0.29) is 11.9 Å². The van der Waals surface area contributed by atoms with Crippen LogP contribution in [0.3, 0.4) is 0 Å². The van der Waals surface area contributed by atoms with E-state index in [4.69, 9.17) is 0 Å². The Bertz CT molecular complexity index is 432. The highest BCUT2D eigenvalue weighted by Crippen LogP contribution is 2.15. The number of amides is 3. The van der Waals surface area contributed by atoms with Gasteiger partial charge in [0.2, 0.25) is 5.91 Å². The first-order valence-electron chi connectivity index (χ1n) is 6.60. The van der Waals surface area contributed by atoms with Crippen molar-refractivity contribution in [3.8, 4) is 0 Å². The van der Waals surface area contributed by atoms with Gasteiger partial charge in [-0.3, -0.25) is 4.79 Å². The molecule has 3 amide bonds. The van der Waals surface area contributed by atoms with Crippen LogP contribution in [0.15, 0.2) is 24.3 Å². The molecule has 3 N–H and O–H groups in total. The van der Waals surface area contributed by atoms with Gasteiger partial charge in [-0.25, -0.2) is 4.79 Å². The summed E-state index contributed by atoms with van der Waals surface area (Å²) in [6.45, 7) is 4.52. The van der Waals surface area contributed by atoms with Crippen molar-refractivity contribution in [2.75, 3.05) is 17.2 Å². The van der Waals surface area contributed by atoms with Crippen LogP contribution < -0.4 is 16.0 Å². The third-order valence-corrected chi connectivity index (χ3v) is 2.54. The van der Waals surface area contributed by atoms with Crippen molar-refractivity contribution in [3.63, 3.8) is 0 Å². The molecular weight excluding hydrogens is 242 g/mol. The highest BCUT2D eigenvalue weighted by molar-refractivity contribution is 5.93.